The largest absolute Gasteiger partial charge is 0.507 e. The van der Waals surface area contributed by atoms with Gasteiger partial charge >= 0.3 is 0 Å². The van der Waals surface area contributed by atoms with Crippen LogP contribution in [0, 0.1) is 0 Å². The highest BCUT2D eigenvalue weighted by Crippen LogP contribution is 2.28. The van der Waals surface area contributed by atoms with Crippen molar-refractivity contribution in [2.75, 3.05) is 0 Å². The first-order valence-corrected chi connectivity index (χ1v) is 6.98. The Morgan fingerprint density at radius 2 is 1.75 bits per heavy atom. The molecule has 0 aromatic heterocycles. The quantitative estimate of drug-likeness (QED) is 0.805. The number of carbonyl (C=O) groups excluding carboxylic acids is 1. The number of carbonyl (C=O) groups is 1. The molecule has 2 rings (SSSR count). The third-order valence-corrected chi connectivity index (χ3v) is 3.85. The van der Waals surface area contributed by atoms with Gasteiger partial charge in [0, 0.05) is 5.56 Å². The Kier molecular flexibility index (Phi) is 4.36. The lowest BCUT2D eigenvalue weighted by atomic mass is 9.96. The van der Waals surface area contributed by atoms with E-state index in [0.29, 0.717) is 15.6 Å². The Morgan fingerprint density at radius 3 is 2.35 bits per heavy atom. The monoisotopic (exact) mass is 308 g/mol. The van der Waals surface area contributed by atoms with E-state index in [4.69, 9.17) is 23.2 Å². The Labute approximate surface area is 128 Å². The van der Waals surface area contributed by atoms with Gasteiger partial charge in [0.15, 0.2) is 5.78 Å². The van der Waals surface area contributed by atoms with E-state index in [1.807, 2.05) is 19.9 Å². The van der Waals surface area contributed by atoms with E-state index in [9.17, 15) is 9.90 Å². The number of aromatic hydroxyl groups is 1. The second-order valence-corrected chi connectivity index (χ2v) is 5.70. The lowest BCUT2D eigenvalue weighted by molar-refractivity contribution is 0.103. The summed E-state index contributed by atoms with van der Waals surface area (Å²) in [7, 11) is 0. The van der Waals surface area contributed by atoms with Gasteiger partial charge in [-0.1, -0.05) is 43.1 Å². The number of hydrogen-bond acceptors (Lipinski definition) is 2. The summed E-state index contributed by atoms with van der Waals surface area (Å²) in [5, 5.41) is 10.6. The van der Waals surface area contributed by atoms with Crippen molar-refractivity contribution in [2.24, 2.45) is 0 Å². The molecule has 0 unspecified atom stereocenters. The van der Waals surface area contributed by atoms with Crippen LogP contribution in [0.4, 0.5) is 0 Å². The summed E-state index contributed by atoms with van der Waals surface area (Å²) in [6.07, 6.45) is 0. The van der Waals surface area contributed by atoms with Crippen LogP contribution < -0.4 is 0 Å². The smallest absolute Gasteiger partial charge is 0.196 e. The highest BCUT2D eigenvalue weighted by molar-refractivity contribution is 6.42. The van der Waals surface area contributed by atoms with Crippen molar-refractivity contribution >= 4 is 29.0 Å². The van der Waals surface area contributed by atoms with Crippen molar-refractivity contribution in [3.8, 4) is 5.75 Å². The molecular formula is C16H14Cl2O2. The van der Waals surface area contributed by atoms with E-state index in [-0.39, 0.29) is 23.0 Å². The van der Waals surface area contributed by atoms with Crippen molar-refractivity contribution in [1.29, 1.82) is 0 Å². The van der Waals surface area contributed by atoms with E-state index in [1.54, 1.807) is 24.3 Å². The number of phenols is 1. The van der Waals surface area contributed by atoms with Crippen LogP contribution in [0.1, 0.15) is 41.3 Å². The standard InChI is InChI=1S/C16H14Cl2O2/c1-9(2)10-4-6-15(19)12(7-10)16(20)11-3-5-13(17)14(18)8-11/h3-9,19H,1-2H3. The zero-order valence-corrected chi connectivity index (χ0v) is 12.7. The number of phenolic OH excluding ortho intramolecular Hbond substituents is 1. The third kappa shape index (κ3) is 2.97. The molecular weight excluding hydrogens is 295 g/mol. The van der Waals surface area contributed by atoms with Crippen LogP contribution in [0.5, 0.6) is 5.75 Å². The normalized spacial score (nSPS) is 10.8. The lowest BCUT2D eigenvalue weighted by Gasteiger charge is -2.10. The van der Waals surface area contributed by atoms with Gasteiger partial charge in [-0.3, -0.25) is 4.79 Å². The number of ketones is 1. The number of rotatable bonds is 3. The number of hydrogen-bond donors (Lipinski definition) is 1. The third-order valence-electron chi connectivity index (χ3n) is 3.11. The summed E-state index contributed by atoms with van der Waals surface area (Å²) < 4.78 is 0. The van der Waals surface area contributed by atoms with Gasteiger partial charge in [-0.05, 0) is 41.8 Å². The fourth-order valence-electron chi connectivity index (χ4n) is 1.89. The number of benzene rings is 2. The van der Waals surface area contributed by atoms with E-state index in [0.717, 1.165) is 5.56 Å². The molecule has 1 N–H and O–H groups in total. The summed E-state index contributed by atoms with van der Waals surface area (Å²) in [6, 6.07) is 9.74. The molecule has 0 amide bonds. The second kappa shape index (κ2) is 5.86. The molecule has 104 valence electrons. The number of halogens is 2. The molecule has 4 heteroatoms. The molecule has 0 aliphatic heterocycles. The average Bonchev–Trinajstić information content (AvgIpc) is 2.41. The molecule has 0 aliphatic carbocycles. The van der Waals surface area contributed by atoms with Crippen molar-refractivity contribution < 1.29 is 9.90 Å². The molecule has 2 nitrogen and oxygen atoms in total. The molecule has 0 aliphatic rings. The summed E-state index contributed by atoms with van der Waals surface area (Å²) in [5.41, 5.74) is 1.66. The van der Waals surface area contributed by atoms with Crippen LogP contribution in [-0.4, -0.2) is 10.9 Å². The molecule has 0 saturated heterocycles. The minimum absolute atomic E-state index is 0.0366. The summed E-state index contributed by atoms with van der Waals surface area (Å²) in [4.78, 5) is 12.4. The molecule has 0 atom stereocenters. The maximum atomic E-state index is 12.4. The predicted molar refractivity (Wildman–Crippen MR) is 82.1 cm³/mol. The van der Waals surface area contributed by atoms with Crippen LogP contribution in [0.25, 0.3) is 0 Å². The van der Waals surface area contributed by atoms with Gasteiger partial charge in [-0.25, -0.2) is 0 Å². The zero-order valence-electron chi connectivity index (χ0n) is 11.2. The molecule has 0 radical (unpaired) electrons. The van der Waals surface area contributed by atoms with Crippen LogP contribution in [0.2, 0.25) is 10.0 Å². The molecule has 2 aromatic rings. The van der Waals surface area contributed by atoms with Gasteiger partial charge in [0.05, 0.1) is 15.6 Å². The van der Waals surface area contributed by atoms with Gasteiger partial charge in [0.25, 0.3) is 0 Å². The van der Waals surface area contributed by atoms with Gasteiger partial charge in [-0.2, -0.15) is 0 Å². The van der Waals surface area contributed by atoms with Crippen LogP contribution in [0.15, 0.2) is 36.4 Å². The van der Waals surface area contributed by atoms with Crippen molar-refractivity contribution in [1.82, 2.24) is 0 Å². The maximum Gasteiger partial charge on any atom is 0.196 e. The van der Waals surface area contributed by atoms with Crippen molar-refractivity contribution in [3.63, 3.8) is 0 Å². The first-order valence-electron chi connectivity index (χ1n) is 6.23. The molecule has 0 saturated carbocycles. The zero-order chi connectivity index (χ0) is 14.9. The minimum atomic E-state index is -0.274. The summed E-state index contributed by atoms with van der Waals surface area (Å²) in [6.45, 7) is 4.06. The topological polar surface area (TPSA) is 37.3 Å². The van der Waals surface area contributed by atoms with Crippen LogP contribution in [-0.2, 0) is 0 Å². The Hall–Kier alpha value is -1.51. The molecule has 2 aromatic carbocycles. The Morgan fingerprint density at radius 1 is 1.05 bits per heavy atom. The minimum Gasteiger partial charge on any atom is -0.507 e. The Bertz CT molecular complexity index is 664. The average molecular weight is 309 g/mol. The van der Waals surface area contributed by atoms with Gasteiger partial charge in [0.1, 0.15) is 5.75 Å². The Balaban J connectivity index is 2.47. The van der Waals surface area contributed by atoms with Gasteiger partial charge < -0.3 is 5.11 Å². The second-order valence-electron chi connectivity index (χ2n) is 4.89. The summed E-state index contributed by atoms with van der Waals surface area (Å²) in [5.74, 6) is -0.0370. The SMILES string of the molecule is CC(C)c1ccc(O)c(C(=O)c2ccc(Cl)c(Cl)c2)c1. The predicted octanol–water partition coefficient (Wildman–Crippen LogP) is 5.05. The van der Waals surface area contributed by atoms with E-state index < -0.39 is 0 Å². The molecule has 0 fully saturated rings. The van der Waals surface area contributed by atoms with E-state index >= 15 is 0 Å². The van der Waals surface area contributed by atoms with Crippen molar-refractivity contribution in [2.45, 2.75) is 19.8 Å². The molecule has 0 heterocycles. The molecule has 0 spiro atoms. The fraction of sp³-hybridized carbons (Fsp3) is 0.188. The summed E-state index contributed by atoms with van der Waals surface area (Å²) >= 11 is 11.8. The van der Waals surface area contributed by atoms with E-state index in [1.165, 1.54) is 6.07 Å². The van der Waals surface area contributed by atoms with Crippen LogP contribution >= 0.6 is 23.2 Å². The lowest BCUT2D eigenvalue weighted by Crippen LogP contribution is -2.03. The van der Waals surface area contributed by atoms with Crippen LogP contribution in [0.3, 0.4) is 0 Å². The van der Waals surface area contributed by atoms with Crippen molar-refractivity contribution in [3.05, 3.63) is 63.1 Å². The molecule has 0 bridgehead atoms. The first kappa shape index (κ1) is 14.9. The highest BCUT2D eigenvalue weighted by Gasteiger charge is 2.16. The first-order chi connectivity index (χ1) is 9.40. The fourth-order valence-corrected chi connectivity index (χ4v) is 2.19. The maximum absolute atomic E-state index is 12.4. The van der Waals surface area contributed by atoms with E-state index in [2.05, 4.69) is 0 Å². The van der Waals surface area contributed by atoms with Gasteiger partial charge in [0.2, 0.25) is 0 Å². The molecule has 20 heavy (non-hydrogen) atoms. The van der Waals surface area contributed by atoms with Gasteiger partial charge in [-0.15, -0.1) is 0 Å². The highest BCUT2D eigenvalue weighted by atomic mass is 35.5.